The normalized spacial score (nSPS) is 12.0. The zero-order valence-electron chi connectivity index (χ0n) is 38.3. The van der Waals surface area contributed by atoms with Gasteiger partial charge in [-0.3, -0.25) is 0 Å². The first-order valence-electron chi connectivity index (χ1n) is 24.2. The summed E-state index contributed by atoms with van der Waals surface area (Å²) in [6.45, 7) is 0. The fraction of sp³-hybridized carbons (Fsp3) is 0. The largest absolute Gasteiger partial charge is 0.309 e. The Labute approximate surface area is 407 Å². The van der Waals surface area contributed by atoms with Crippen LogP contribution in [0.1, 0.15) is 0 Å². The second-order valence-electron chi connectivity index (χ2n) is 18.4. The lowest BCUT2D eigenvalue weighted by molar-refractivity contribution is 1.17. The third-order valence-electron chi connectivity index (χ3n) is 14.8. The van der Waals surface area contributed by atoms with E-state index in [1.165, 1.54) is 91.9 Å². The van der Waals surface area contributed by atoms with Crippen molar-refractivity contribution in [1.82, 2.24) is 13.7 Å². The molecule has 70 heavy (non-hydrogen) atoms. The lowest BCUT2D eigenvalue weighted by Gasteiger charge is -2.36. The molecule has 14 rings (SSSR count). The van der Waals surface area contributed by atoms with Crippen molar-refractivity contribution in [2.24, 2.45) is 0 Å². The first kappa shape index (κ1) is 40.1. The van der Waals surface area contributed by atoms with Crippen molar-refractivity contribution in [3.05, 3.63) is 273 Å². The Kier molecular flexibility index (Phi) is 9.23. The van der Waals surface area contributed by atoms with Crippen LogP contribution in [0.2, 0.25) is 0 Å². The number of para-hydroxylation sites is 5. The van der Waals surface area contributed by atoms with Crippen LogP contribution in [-0.2, 0) is 0 Å². The van der Waals surface area contributed by atoms with Gasteiger partial charge in [-0.05, 0) is 98.6 Å². The lowest BCUT2D eigenvalue weighted by Crippen LogP contribution is -2.75. The summed E-state index contributed by atoms with van der Waals surface area (Å²) < 4.78 is 7.43. The minimum atomic E-state index is -3.06. The van der Waals surface area contributed by atoms with Gasteiger partial charge in [0.25, 0.3) is 0 Å². The number of nitrogens with zero attached hydrogens (tertiary/aromatic N) is 3. The van der Waals surface area contributed by atoms with Gasteiger partial charge < -0.3 is 13.7 Å². The van der Waals surface area contributed by atoms with Crippen LogP contribution in [0.4, 0.5) is 0 Å². The van der Waals surface area contributed by atoms with Crippen LogP contribution in [-0.4, -0.2) is 21.8 Å². The van der Waals surface area contributed by atoms with Gasteiger partial charge in [0.05, 0.1) is 33.1 Å². The predicted octanol–water partition coefficient (Wildman–Crippen LogP) is 14.0. The SMILES string of the molecule is c1ccc([Si](c2ccccc2)(c2ccccc2)c2ccc(-c3cccc(-n4c5ccccc5c5ccccc54)c3)cc2-n2c3ccccc3c3cc(-n4c5ccccc5c5ccccc54)ccc32)cc1. The summed E-state index contributed by atoms with van der Waals surface area (Å²) in [4.78, 5) is 0. The molecule has 0 aliphatic carbocycles. The van der Waals surface area contributed by atoms with Crippen LogP contribution in [0.5, 0.6) is 0 Å². The highest BCUT2D eigenvalue weighted by Crippen LogP contribution is 2.39. The van der Waals surface area contributed by atoms with E-state index in [0.717, 1.165) is 22.5 Å². The standard InChI is InChI=1S/C66H45N3Si/c1-4-23-50(24-5-1)70(51-25-6-2-7-26-51,52-27-8-3-9-28-52)66-42-39-47(46-21-20-22-48(43-46)67-59-34-15-10-29-53(59)54-30-11-16-35-60(54)67)44-65(66)69-63-38-19-14-33-57(63)58-45-49(40-41-64(58)69)68-61-36-17-12-31-55(61)56-32-13-18-37-62(56)68/h1-45H. The van der Waals surface area contributed by atoms with Gasteiger partial charge in [-0.1, -0.05) is 206 Å². The van der Waals surface area contributed by atoms with Crippen LogP contribution < -0.4 is 20.7 Å². The molecule has 0 bridgehead atoms. The van der Waals surface area contributed by atoms with Crippen molar-refractivity contribution in [1.29, 1.82) is 0 Å². The Bertz CT molecular complexity index is 4090. The Morgan fingerprint density at radius 2 is 0.600 bits per heavy atom. The number of rotatable bonds is 8. The van der Waals surface area contributed by atoms with E-state index in [1.807, 2.05) is 0 Å². The number of aromatic nitrogens is 3. The molecule has 3 nitrogen and oxygen atoms in total. The van der Waals surface area contributed by atoms with Crippen LogP contribution in [0.15, 0.2) is 273 Å². The van der Waals surface area contributed by atoms with E-state index in [1.54, 1.807) is 0 Å². The quantitative estimate of drug-likeness (QED) is 0.107. The third-order valence-corrected chi connectivity index (χ3v) is 19.6. The summed E-state index contributed by atoms with van der Waals surface area (Å²) in [5, 5.41) is 12.8. The van der Waals surface area contributed by atoms with E-state index in [4.69, 9.17) is 0 Å². The molecule has 0 fully saturated rings. The van der Waals surface area contributed by atoms with Crippen LogP contribution in [0, 0.1) is 0 Å². The van der Waals surface area contributed by atoms with Crippen molar-refractivity contribution in [2.75, 3.05) is 0 Å². The van der Waals surface area contributed by atoms with Gasteiger partial charge in [-0.15, -0.1) is 0 Å². The molecule has 0 atom stereocenters. The van der Waals surface area contributed by atoms with E-state index in [-0.39, 0.29) is 0 Å². The van der Waals surface area contributed by atoms with Crippen LogP contribution in [0.3, 0.4) is 0 Å². The van der Waals surface area contributed by atoms with E-state index < -0.39 is 8.07 Å². The second-order valence-corrected chi connectivity index (χ2v) is 22.2. The number of benzene rings is 11. The Balaban J connectivity index is 1.08. The highest BCUT2D eigenvalue weighted by atomic mass is 28.3. The topological polar surface area (TPSA) is 14.8 Å². The van der Waals surface area contributed by atoms with E-state index >= 15 is 0 Å². The first-order valence-corrected chi connectivity index (χ1v) is 26.2. The summed E-state index contributed by atoms with van der Waals surface area (Å²) in [7, 11) is -3.06. The average molecular weight is 908 g/mol. The van der Waals surface area contributed by atoms with Gasteiger partial charge in [0, 0.05) is 49.4 Å². The Morgan fingerprint density at radius 1 is 0.229 bits per heavy atom. The Morgan fingerprint density at radius 3 is 1.07 bits per heavy atom. The molecular weight excluding hydrogens is 863 g/mol. The highest BCUT2D eigenvalue weighted by Gasteiger charge is 2.43. The molecule has 3 heterocycles. The van der Waals surface area contributed by atoms with Crippen molar-refractivity contribution >= 4 is 94.2 Å². The molecule has 0 aliphatic heterocycles. The smallest absolute Gasteiger partial charge is 0.181 e. The van der Waals surface area contributed by atoms with Crippen molar-refractivity contribution in [3.8, 4) is 28.2 Å². The zero-order valence-corrected chi connectivity index (χ0v) is 39.3. The molecule has 11 aromatic carbocycles. The molecule has 0 N–H and O–H groups in total. The molecule has 0 spiro atoms. The maximum absolute atomic E-state index is 3.06. The minimum absolute atomic E-state index is 1.14. The van der Waals surface area contributed by atoms with Crippen molar-refractivity contribution < 1.29 is 0 Å². The molecule has 328 valence electrons. The highest BCUT2D eigenvalue weighted by molar-refractivity contribution is 7.20. The lowest BCUT2D eigenvalue weighted by atomic mass is 10.0. The van der Waals surface area contributed by atoms with Crippen LogP contribution >= 0.6 is 0 Å². The van der Waals surface area contributed by atoms with Crippen LogP contribution in [0.25, 0.3) is 93.6 Å². The summed E-state index contributed by atoms with van der Waals surface area (Å²) in [6.07, 6.45) is 0. The molecule has 3 aromatic heterocycles. The molecule has 0 aliphatic rings. The van der Waals surface area contributed by atoms with Gasteiger partial charge >= 0.3 is 0 Å². The summed E-state index contributed by atoms with van der Waals surface area (Å²) >= 11 is 0. The van der Waals surface area contributed by atoms with E-state index in [9.17, 15) is 0 Å². The molecule has 0 unspecified atom stereocenters. The van der Waals surface area contributed by atoms with Gasteiger partial charge in [-0.2, -0.15) is 0 Å². The first-order chi connectivity index (χ1) is 34.8. The fourth-order valence-corrected chi connectivity index (χ4v) is 16.7. The molecular formula is C66H45N3Si. The molecule has 14 aromatic rings. The summed E-state index contributed by atoms with van der Waals surface area (Å²) in [6, 6.07) is 102. The number of hydrogen-bond donors (Lipinski definition) is 0. The maximum atomic E-state index is 2.58. The molecule has 0 amide bonds. The fourth-order valence-electron chi connectivity index (χ4n) is 11.8. The number of fused-ring (bicyclic) bond motifs is 9. The molecule has 0 radical (unpaired) electrons. The average Bonchev–Trinajstić information content (AvgIpc) is 4.08. The monoisotopic (exact) mass is 907 g/mol. The zero-order chi connectivity index (χ0) is 46.2. The Hall–Kier alpha value is -8.96. The van der Waals surface area contributed by atoms with Gasteiger partial charge in [-0.25, -0.2) is 0 Å². The van der Waals surface area contributed by atoms with E-state index in [0.29, 0.717) is 0 Å². The van der Waals surface area contributed by atoms with E-state index in [2.05, 4.69) is 287 Å². The van der Waals surface area contributed by atoms with Gasteiger partial charge in [0.1, 0.15) is 0 Å². The predicted molar refractivity (Wildman–Crippen MR) is 299 cm³/mol. The molecule has 4 heteroatoms. The maximum Gasteiger partial charge on any atom is 0.181 e. The molecule has 0 saturated heterocycles. The van der Waals surface area contributed by atoms with Gasteiger partial charge in [0.15, 0.2) is 8.07 Å². The second kappa shape index (κ2) is 16.1. The minimum Gasteiger partial charge on any atom is -0.309 e. The summed E-state index contributed by atoms with van der Waals surface area (Å²) in [5.41, 5.74) is 12.9. The third kappa shape index (κ3) is 6.00. The van der Waals surface area contributed by atoms with Crippen molar-refractivity contribution in [2.45, 2.75) is 0 Å². The number of hydrogen-bond acceptors (Lipinski definition) is 0. The molecule has 0 saturated carbocycles. The summed E-state index contributed by atoms with van der Waals surface area (Å²) in [5.74, 6) is 0. The van der Waals surface area contributed by atoms with Gasteiger partial charge in [0.2, 0.25) is 0 Å². The van der Waals surface area contributed by atoms with Crippen molar-refractivity contribution in [3.63, 3.8) is 0 Å².